The van der Waals surface area contributed by atoms with Crippen molar-refractivity contribution in [1.29, 1.82) is 0 Å². The highest BCUT2D eigenvalue weighted by Gasteiger charge is 2.31. The van der Waals surface area contributed by atoms with Crippen molar-refractivity contribution in [3.8, 4) is 0 Å². The first-order chi connectivity index (χ1) is 11.3. The SMILES string of the molecule is COC(=O)c1cc(/C(C)=N/O)c(F)c(Cl)c1N1C[C@@H](C)O[C@@H](C)C1. The molecule has 0 aromatic heterocycles. The Balaban J connectivity index is 2.65. The lowest BCUT2D eigenvalue weighted by Gasteiger charge is -2.38. The highest BCUT2D eigenvalue weighted by molar-refractivity contribution is 6.35. The van der Waals surface area contributed by atoms with Gasteiger partial charge in [0.15, 0.2) is 5.82 Å². The molecule has 0 radical (unpaired) electrons. The second kappa shape index (κ2) is 7.36. The summed E-state index contributed by atoms with van der Waals surface area (Å²) in [6, 6.07) is 1.29. The molecule has 1 heterocycles. The summed E-state index contributed by atoms with van der Waals surface area (Å²) >= 11 is 6.23. The molecule has 0 amide bonds. The normalized spacial score (nSPS) is 21.8. The molecule has 0 saturated carbocycles. The monoisotopic (exact) mass is 358 g/mol. The predicted octanol–water partition coefficient (Wildman–Crippen LogP) is 3.08. The van der Waals surface area contributed by atoms with Crippen molar-refractivity contribution < 1.29 is 23.9 Å². The Hall–Kier alpha value is -1.86. The number of morpholine rings is 1. The maximum Gasteiger partial charge on any atom is 0.340 e. The molecule has 1 N–H and O–H groups in total. The number of esters is 1. The molecule has 8 heteroatoms. The van der Waals surface area contributed by atoms with Gasteiger partial charge in [0.2, 0.25) is 0 Å². The Morgan fingerprint density at radius 2 is 2.00 bits per heavy atom. The molecule has 2 rings (SSSR count). The van der Waals surface area contributed by atoms with Crippen molar-refractivity contribution in [2.24, 2.45) is 5.16 Å². The molecule has 2 atom stereocenters. The van der Waals surface area contributed by atoms with Crippen LogP contribution in [0, 0.1) is 5.82 Å². The topological polar surface area (TPSA) is 71.4 Å². The van der Waals surface area contributed by atoms with Crippen molar-refractivity contribution in [3.05, 3.63) is 28.0 Å². The number of rotatable bonds is 3. The van der Waals surface area contributed by atoms with Crippen LogP contribution in [0.25, 0.3) is 0 Å². The van der Waals surface area contributed by atoms with Gasteiger partial charge < -0.3 is 19.6 Å². The quantitative estimate of drug-likeness (QED) is 0.389. The van der Waals surface area contributed by atoms with Crippen LogP contribution in [0.3, 0.4) is 0 Å². The first kappa shape index (κ1) is 18.5. The molecule has 1 fully saturated rings. The van der Waals surface area contributed by atoms with Crippen LogP contribution < -0.4 is 4.90 Å². The van der Waals surface area contributed by atoms with E-state index in [1.807, 2.05) is 18.7 Å². The Morgan fingerprint density at radius 1 is 1.42 bits per heavy atom. The smallest absolute Gasteiger partial charge is 0.340 e. The van der Waals surface area contributed by atoms with E-state index in [9.17, 15) is 9.18 Å². The van der Waals surface area contributed by atoms with Gasteiger partial charge in [-0.25, -0.2) is 9.18 Å². The summed E-state index contributed by atoms with van der Waals surface area (Å²) in [4.78, 5) is 14.0. The van der Waals surface area contributed by atoms with Crippen LogP contribution >= 0.6 is 11.6 Å². The summed E-state index contributed by atoms with van der Waals surface area (Å²) in [5, 5.41) is 11.7. The molecule has 24 heavy (non-hydrogen) atoms. The van der Waals surface area contributed by atoms with Gasteiger partial charge in [-0.3, -0.25) is 0 Å². The number of carbonyl (C=O) groups is 1. The molecule has 1 aromatic carbocycles. The number of hydrogen-bond acceptors (Lipinski definition) is 6. The number of carbonyl (C=O) groups excluding carboxylic acids is 1. The molecule has 0 aliphatic carbocycles. The Bertz CT molecular complexity index is 671. The van der Waals surface area contributed by atoms with Crippen LogP contribution in [0.2, 0.25) is 5.02 Å². The van der Waals surface area contributed by atoms with E-state index in [4.69, 9.17) is 26.3 Å². The number of hydrogen-bond donors (Lipinski definition) is 1. The van der Waals surface area contributed by atoms with Crippen LogP contribution in [0.5, 0.6) is 0 Å². The summed E-state index contributed by atoms with van der Waals surface area (Å²) in [6.45, 7) is 6.11. The van der Waals surface area contributed by atoms with Crippen molar-refractivity contribution in [2.45, 2.75) is 33.0 Å². The molecule has 1 aliphatic heterocycles. The zero-order valence-electron chi connectivity index (χ0n) is 14.0. The van der Waals surface area contributed by atoms with E-state index in [-0.39, 0.29) is 39.8 Å². The molecular weight excluding hydrogens is 339 g/mol. The molecular formula is C16H20ClFN2O4. The Labute approximate surface area is 144 Å². The van der Waals surface area contributed by atoms with Crippen LogP contribution in [-0.4, -0.2) is 49.3 Å². The van der Waals surface area contributed by atoms with Gasteiger partial charge in [0.25, 0.3) is 0 Å². The number of methoxy groups -OCH3 is 1. The highest BCUT2D eigenvalue weighted by Crippen LogP contribution is 2.36. The molecule has 132 valence electrons. The largest absolute Gasteiger partial charge is 0.465 e. The second-order valence-electron chi connectivity index (χ2n) is 5.79. The number of benzene rings is 1. The summed E-state index contributed by atoms with van der Waals surface area (Å²) in [7, 11) is 1.24. The minimum atomic E-state index is -0.749. The third kappa shape index (κ3) is 3.47. The standard InChI is InChI=1S/C16H20ClFN2O4/c1-8-6-20(7-9(2)24-8)15-12(16(21)23-4)5-11(10(3)19-22)14(18)13(15)17/h5,8-9,22H,6-7H2,1-4H3/b19-10+/t8-,9+. The molecule has 0 unspecified atom stereocenters. The maximum absolute atomic E-state index is 14.7. The van der Waals surface area contributed by atoms with E-state index in [1.54, 1.807) is 0 Å². The maximum atomic E-state index is 14.7. The first-order valence-corrected chi connectivity index (χ1v) is 7.87. The van der Waals surface area contributed by atoms with Gasteiger partial charge in [-0.15, -0.1) is 0 Å². The molecule has 6 nitrogen and oxygen atoms in total. The van der Waals surface area contributed by atoms with Gasteiger partial charge in [0.1, 0.15) is 5.02 Å². The van der Waals surface area contributed by atoms with E-state index in [0.717, 1.165) is 0 Å². The average Bonchev–Trinajstić information content (AvgIpc) is 2.54. The number of nitrogens with zero attached hydrogens (tertiary/aromatic N) is 2. The van der Waals surface area contributed by atoms with Gasteiger partial charge in [0.05, 0.1) is 36.3 Å². The van der Waals surface area contributed by atoms with E-state index >= 15 is 0 Å². The summed E-state index contributed by atoms with van der Waals surface area (Å²) in [6.07, 6.45) is -0.197. The van der Waals surface area contributed by atoms with Crippen molar-refractivity contribution in [2.75, 3.05) is 25.1 Å². The third-order valence-electron chi connectivity index (χ3n) is 3.86. The molecule has 1 aromatic rings. The number of anilines is 1. The minimum absolute atomic E-state index is 0.00909. The van der Waals surface area contributed by atoms with Crippen molar-refractivity contribution >= 4 is 29.0 Å². The van der Waals surface area contributed by atoms with E-state index in [1.165, 1.54) is 20.1 Å². The number of ether oxygens (including phenoxy) is 2. The van der Waals surface area contributed by atoms with Gasteiger partial charge >= 0.3 is 5.97 Å². The lowest BCUT2D eigenvalue weighted by Crippen LogP contribution is -2.46. The fourth-order valence-electron chi connectivity index (χ4n) is 2.87. The molecule has 0 spiro atoms. The number of oxime groups is 1. The van der Waals surface area contributed by atoms with Gasteiger partial charge in [-0.2, -0.15) is 0 Å². The zero-order valence-corrected chi connectivity index (χ0v) is 14.7. The molecule has 0 bridgehead atoms. The van der Waals surface area contributed by atoms with Crippen molar-refractivity contribution in [1.82, 2.24) is 0 Å². The third-order valence-corrected chi connectivity index (χ3v) is 4.21. The second-order valence-corrected chi connectivity index (χ2v) is 6.17. The Kier molecular flexibility index (Phi) is 5.66. The molecule has 1 aliphatic rings. The van der Waals surface area contributed by atoms with Crippen LogP contribution in [0.15, 0.2) is 11.2 Å². The Morgan fingerprint density at radius 3 is 2.50 bits per heavy atom. The zero-order chi connectivity index (χ0) is 18.0. The van der Waals surface area contributed by atoms with Crippen molar-refractivity contribution in [3.63, 3.8) is 0 Å². The average molecular weight is 359 g/mol. The van der Waals surface area contributed by atoms with Gasteiger partial charge in [-0.1, -0.05) is 16.8 Å². The van der Waals surface area contributed by atoms with Crippen LogP contribution in [0.4, 0.5) is 10.1 Å². The lowest BCUT2D eigenvalue weighted by atomic mass is 10.0. The van der Waals surface area contributed by atoms with Gasteiger partial charge in [-0.05, 0) is 26.8 Å². The summed E-state index contributed by atoms with van der Waals surface area (Å²) in [5.74, 6) is -1.40. The van der Waals surface area contributed by atoms with Crippen LogP contribution in [0.1, 0.15) is 36.7 Å². The highest BCUT2D eigenvalue weighted by atomic mass is 35.5. The van der Waals surface area contributed by atoms with E-state index in [2.05, 4.69) is 5.16 Å². The van der Waals surface area contributed by atoms with Crippen LogP contribution in [-0.2, 0) is 9.47 Å². The van der Waals surface area contributed by atoms with E-state index < -0.39 is 11.8 Å². The fraction of sp³-hybridized carbons (Fsp3) is 0.500. The summed E-state index contributed by atoms with van der Waals surface area (Å²) < 4.78 is 25.1. The summed E-state index contributed by atoms with van der Waals surface area (Å²) in [5.41, 5.74) is 0.330. The fourth-order valence-corrected chi connectivity index (χ4v) is 3.19. The van der Waals surface area contributed by atoms with E-state index in [0.29, 0.717) is 13.1 Å². The lowest BCUT2D eigenvalue weighted by molar-refractivity contribution is -0.00534. The number of halogens is 2. The minimum Gasteiger partial charge on any atom is -0.465 e. The van der Waals surface area contributed by atoms with Gasteiger partial charge in [0, 0.05) is 18.7 Å². The first-order valence-electron chi connectivity index (χ1n) is 7.49. The predicted molar refractivity (Wildman–Crippen MR) is 89.0 cm³/mol. The molecule has 1 saturated heterocycles.